The summed E-state index contributed by atoms with van der Waals surface area (Å²) in [6, 6.07) is 0. The molecule has 1 aliphatic heterocycles. The van der Waals surface area contributed by atoms with Gasteiger partial charge in [0.2, 0.25) is 0 Å². The van der Waals surface area contributed by atoms with Crippen molar-refractivity contribution in [3.05, 3.63) is 0 Å². The Bertz CT molecular complexity index is 141. The molecule has 0 radical (unpaired) electrons. The highest BCUT2D eigenvalue weighted by atomic mass is 16.5. The highest BCUT2D eigenvalue weighted by molar-refractivity contribution is 4.69. The van der Waals surface area contributed by atoms with Crippen LogP contribution < -0.4 is 5.32 Å². The maximum absolute atomic E-state index is 8.93. The molecular formula is C12H25NO2. The normalized spacial score (nSPS) is 23.2. The fourth-order valence-corrected chi connectivity index (χ4v) is 2.18. The number of rotatable bonds is 8. The smallest absolute Gasteiger partial charge is 0.0507 e. The first-order valence-corrected chi connectivity index (χ1v) is 6.26. The molecule has 2 atom stereocenters. The topological polar surface area (TPSA) is 41.5 Å². The van der Waals surface area contributed by atoms with E-state index in [-0.39, 0.29) is 0 Å². The first-order chi connectivity index (χ1) is 7.36. The fourth-order valence-electron chi connectivity index (χ4n) is 2.18. The minimum absolute atomic E-state index is 0.318. The third kappa shape index (κ3) is 5.50. The SMILES string of the molecule is CCCC(CCO)CNCC1CCOC1. The molecule has 1 aliphatic rings. The van der Waals surface area contributed by atoms with Crippen LogP contribution in [0.15, 0.2) is 0 Å². The second-order valence-electron chi connectivity index (χ2n) is 4.55. The van der Waals surface area contributed by atoms with Gasteiger partial charge in [0.1, 0.15) is 0 Å². The molecule has 0 aromatic rings. The van der Waals surface area contributed by atoms with Crippen molar-refractivity contribution in [2.45, 2.75) is 32.6 Å². The van der Waals surface area contributed by atoms with Gasteiger partial charge in [-0.1, -0.05) is 13.3 Å². The second kappa shape index (κ2) is 8.08. The summed E-state index contributed by atoms with van der Waals surface area (Å²) in [5.41, 5.74) is 0. The van der Waals surface area contributed by atoms with E-state index in [9.17, 15) is 0 Å². The minimum atomic E-state index is 0.318. The Morgan fingerprint density at radius 2 is 2.33 bits per heavy atom. The maximum Gasteiger partial charge on any atom is 0.0507 e. The molecule has 90 valence electrons. The number of hydrogen-bond donors (Lipinski definition) is 2. The second-order valence-corrected chi connectivity index (χ2v) is 4.55. The van der Waals surface area contributed by atoms with Crippen molar-refractivity contribution in [2.24, 2.45) is 11.8 Å². The first-order valence-electron chi connectivity index (χ1n) is 6.26. The van der Waals surface area contributed by atoms with Crippen LogP contribution in [0.25, 0.3) is 0 Å². The summed E-state index contributed by atoms with van der Waals surface area (Å²) in [6.45, 7) is 6.50. The Labute approximate surface area is 93.2 Å². The summed E-state index contributed by atoms with van der Waals surface area (Å²) < 4.78 is 5.33. The molecule has 3 nitrogen and oxygen atoms in total. The Morgan fingerprint density at radius 3 is 2.93 bits per heavy atom. The molecule has 0 aromatic carbocycles. The van der Waals surface area contributed by atoms with Crippen LogP contribution in [-0.4, -0.2) is 38.0 Å². The van der Waals surface area contributed by atoms with Gasteiger partial charge in [-0.2, -0.15) is 0 Å². The Balaban J connectivity index is 2.04. The van der Waals surface area contributed by atoms with Gasteiger partial charge in [0, 0.05) is 19.8 Å². The van der Waals surface area contributed by atoms with E-state index in [1.807, 2.05) is 0 Å². The zero-order valence-corrected chi connectivity index (χ0v) is 9.87. The van der Waals surface area contributed by atoms with Gasteiger partial charge in [0.25, 0.3) is 0 Å². The predicted molar refractivity (Wildman–Crippen MR) is 61.9 cm³/mol. The summed E-state index contributed by atoms with van der Waals surface area (Å²) in [7, 11) is 0. The number of ether oxygens (including phenoxy) is 1. The van der Waals surface area contributed by atoms with Crippen LogP contribution in [0.5, 0.6) is 0 Å². The quantitative estimate of drug-likeness (QED) is 0.643. The lowest BCUT2D eigenvalue weighted by atomic mass is 10.00. The van der Waals surface area contributed by atoms with Crippen LogP contribution in [0, 0.1) is 11.8 Å². The third-order valence-electron chi connectivity index (χ3n) is 3.12. The Kier molecular flexibility index (Phi) is 6.98. The summed E-state index contributed by atoms with van der Waals surface area (Å²) in [4.78, 5) is 0. The average Bonchev–Trinajstić information content (AvgIpc) is 2.71. The molecule has 0 saturated carbocycles. The molecule has 1 saturated heterocycles. The molecule has 15 heavy (non-hydrogen) atoms. The van der Waals surface area contributed by atoms with Crippen LogP contribution in [0.4, 0.5) is 0 Å². The zero-order chi connectivity index (χ0) is 10.9. The number of hydrogen-bond acceptors (Lipinski definition) is 3. The van der Waals surface area contributed by atoms with Gasteiger partial charge < -0.3 is 15.2 Å². The van der Waals surface area contributed by atoms with Crippen LogP contribution in [-0.2, 0) is 4.74 Å². The summed E-state index contributed by atoms with van der Waals surface area (Å²) in [5, 5.41) is 12.4. The monoisotopic (exact) mass is 215 g/mol. The minimum Gasteiger partial charge on any atom is -0.396 e. The van der Waals surface area contributed by atoms with Crippen LogP contribution in [0.3, 0.4) is 0 Å². The lowest BCUT2D eigenvalue weighted by Crippen LogP contribution is -2.29. The molecule has 1 fully saturated rings. The summed E-state index contributed by atoms with van der Waals surface area (Å²) >= 11 is 0. The van der Waals surface area contributed by atoms with Crippen molar-refractivity contribution in [1.82, 2.24) is 5.32 Å². The van der Waals surface area contributed by atoms with E-state index >= 15 is 0 Å². The van der Waals surface area contributed by atoms with E-state index in [1.54, 1.807) is 0 Å². The van der Waals surface area contributed by atoms with Gasteiger partial charge in [-0.05, 0) is 37.6 Å². The standard InChI is InChI=1S/C12H25NO2/c1-2-3-11(4-6-14)8-13-9-12-5-7-15-10-12/h11-14H,2-10H2,1H3. The van der Waals surface area contributed by atoms with Gasteiger partial charge in [-0.25, -0.2) is 0 Å². The lowest BCUT2D eigenvalue weighted by molar-refractivity contribution is 0.184. The Hall–Kier alpha value is -0.120. The molecule has 0 amide bonds. The third-order valence-corrected chi connectivity index (χ3v) is 3.12. The molecule has 2 N–H and O–H groups in total. The first kappa shape index (κ1) is 12.9. The van der Waals surface area contributed by atoms with Crippen LogP contribution in [0.2, 0.25) is 0 Å². The van der Waals surface area contributed by atoms with E-state index in [0.29, 0.717) is 18.4 Å². The fraction of sp³-hybridized carbons (Fsp3) is 1.00. The highest BCUT2D eigenvalue weighted by Crippen LogP contribution is 2.12. The number of aliphatic hydroxyl groups is 1. The molecule has 1 heterocycles. The molecular weight excluding hydrogens is 190 g/mol. The highest BCUT2D eigenvalue weighted by Gasteiger charge is 2.15. The molecule has 0 spiro atoms. The van der Waals surface area contributed by atoms with E-state index < -0.39 is 0 Å². The molecule has 1 rings (SSSR count). The largest absolute Gasteiger partial charge is 0.396 e. The summed E-state index contributed by atoms with van der Waals surface area (Å²) in [5.74, 6) is 1.35. The van der Waals surface area contributed by atoms with Crippen LogP contribution >= 0.6 is 0 Å². The van der Waals surface area contributed by atoms with E-state index in [0.717, 1.165) is 32.7 Å². The van der Waals surface area contributed by atoms with Crippen molar-refractivity contribution < 1.29 is 9.84 Å². The van der Waals surface area contributed by atoms with Crippen molar-refractivity contribution >= 4 is 0 Å². The van der Waals surface area contributed by atoms with Gasteiger partial charge >= 0.3 is 0 Å². The van der Waals surface area contributed by atoms with E-state index in [2.05, 4.69) is 12.2 Å². The molecule has 0 aromatic heterocycles. The van der Waals surface area contributed by atoms with Crippen molar-refractivity contribution in [3.8, 4) is 0 Å². The molecule has 0 bridgehead atoms. The average molecular weight is 215 g/mol. The van der Waals surface area contributed by atoms with Gasteiger partial charge in [0.05, 0.1) is 6.61 Å². The summed E-state index contributed by atoms with van der Waals surface area (Å²) in [6.07, 6.45) is 4.56. The van der Waals surface area contributed by atoms with E-state index in [1.165, 1.54) is 19.3 Å². The molecule has 0 aliphatic carbocycles. The number of aliphatic hydroxyl groups excluding tert-OH is 1. The maximum atomic E-state index is 8.93. The number of nitrogens with one attached hydrogen (secondary N) is 1. The van der Waals surface area contributed by atoms with Crippen molar-refractivity contribution in [1.29, 1.82) is 0 Å². The van der Waals surface area contributed by atoms with Gasteiger partial charge in [-0.3, -0.25) is 0 Å². The van der Waals surface area contributed by atoms with Gasteiger partial charge in [0.15, 0.2) is 0 Å². The molecule has 2 unspecified atom stereocenters. The van der Waals surface area contributed by atoms with Gasteiger partial charge in [-0.15, -0.1) is 0 Å². The van der Waals surface area contributed by atoms with Crippen LogP contribution in [0.1, 0.15) is 32.6 Å². The van der Waals surface area contributed by atoms with Crippen molar-refractivity contribution in [2.75, 3.05) is 32.9 Å². The molecule has 3 heteroatoms. The predicted octanol–water partition coefficient (Wildman–Crippen LogP) is 1.41. The zero-order valence-electron chi connectivity index (χ0n) is 9.87. The van der Waals surface area contributed by atoms with E-state index in [4.69, 9.17) is 9.84 Å². The lowest BCUT2D eigenvalue weighted by Gasteiger charge is -2.17. The van der Waals surface area contributed by atoms with Crippen molar-refractivity contribution in [3.63, 3.8) is 0 Å². The Morgan fingerprint density at radius 1 is 1.47 bits per heavy atom.